The number of anilines is 1. The van der Waals surface area contributed by atoms with Gasteiger partial charge in [0.05, 0.1) is 11.6 Å². The van der Waals surface area contributed by atoms with E-state index in [1.165, 1.54) is 26.9 Å². The molecule has 2 aromatic heterocycles. The Hall–Kier alpha value is -2.26. The first kappa shape index (κ1) is 24.9. The van der Waals surface area contributed by atoms with Crippen molar-refractivity contribution in [3.63, 3.8) is 0 Å². The summed E-state index contributed by atoms with van der Waals surface area (Å²) in [5.41, 5.74) is 2.06. The summed E-state index contributed by atoms with van der Waals surface area (Å²) in [6.07, 6.45) is 5.82. The van der Waals surface area contributed by atoms with Crippen molar-refractivity contribution in [2.24, 2.45) is 0 Å². The average molecular weight is 506 g/mol. The molecule has 184 valence electrons. The van der Waals surface area contributed by atoms with Crippen molar-refractivity contribution in [2.75, 3.05) is 31.5 Å². The summed E-state index contributed by atoms with van der Waals surface area (Å²) in [5.74, 6) is 0.115. The van der Waals surface area contributed by atoms with Crippen molar-refractivity contribution >= 4 is 32.3 Å². The van der Waals surface area contributed by atoms with Crippen LogP contribution in [-0.2, 0) is 27.7 Å². The molecule has 1 fully saturated rings. The van der Waals surface area contributed by atoms with Crippen LogP contribution in [0.1, 0.15) is 60.1 Å². The van der Waals surface area contributed by atoms with Crippen LogP contribution >= 0.6 is 11.3 Å². The number of nitrogens with one attached hydrogen (secondary N) is 1. The van der Waals surface area contributed by atoms with E-state index in [1.807, 2.05) is 11.8 Å². The van der Waals surface area contributed by atoms with E-state index in [1.54, 1.807) is 13.8 Å². The van der Waals surface area contributed by atoms with Gasteiger partial charge >= 0.3 is 0 Å². The number of nitriles is 1. The van der Waals surface area contributed by atoms with Crippen LogP contribution in [0, 0.1) is 25.2 Å². The highest BCUT2D eigenvalue weighted by molar-refractivity contribution is 7.89. The number of hydrogen-bond acceptors (Lipinski definition) is 8. The molecule has 0 aromatic carbocycles. The van der Waals surface area contributed by atoms with Gasteiger partial charge in [-0.05, 0) is 58.4 Å². The largest absolute Gasteiger partial charge is 0.360 e. The smallest absolute Gasteiger partial charge is 0.248 e. The van der Waals surface area contributed by atoms with Crippen LogP contribution < -0.4 is 5.32 Å². The van der Waals surface area contributed by atoms with Gasteiger partial charge in [0.15, 0.2) is 5.76 Å². The van der Waals surface area contributed by atoms with Gasteiger partial charge < -0.3 is 9.84 Å². The number of sulfonamides is 1. The summed E-state index contributed by atoms with van der Waals surface area (Å²) in [7, 11) is -3.72. The number of carbonyl (C=O) groups excluding carboxylic acids is 1. The molecular weight excluding hydrogens is 474 g/mol. The molecule has 1 unspecified atom stereocenters. The standard InChI is InChI=1S/C23H31N5O4S2/c1-15-21(17(3)32-26-15)34(30,31)28-11-7-10-27(12-13-28)16(2)22(29)25-23-19(14-24)18-8-5-4-6-9-20(18)33-23/h16H,4-13H2,1-3H3,(H,25,29). The number of rotatable bonds is 5. The van der Waals surface area contributed by atoms with Gasteiger partial charge in [0.25, 0.3) is 0 Å². The molecule has 0 spiro atoms. The number of aromatic nitrogens is 1. The first-order valence-corrected chi connectivity index (χ1v) is 14.0. The molecule has 1 amide bonds. The molecule has 0 radical (unpaired) electrons. The lowest BCUT2D eigenvalue weighted by atomic mass is 10.1. The van der Waals surface area contributed by atoms with Crippen LogP contribution in [-0.4, -0.2) is 60.9 Å². The molecule has 0 saturated carbocycles. The lowest BCUT2D eigenvalue weighted by Crippen LogP contribution is -2.44. The maximum Gasteiger partial charge on any atom is 0.248 e. The van der Waals surface area contributed by atoms with Crippen LogP contribution in [0.2, 0.25) is 0 Å². The highest BCUT2D eigenvalue weighted by atomic mass is 32.2. The topological polar surface area (TPSA) is 120 Å². The highest BCUT2D eigenvalue weighted by Crippen LogP contribution is 2.37. The molecule has 1 atom stereocenters. The van der Waals surface area contributed by atoms with Crippen molar-refractivity contribution in [2.45, 2.75) is 70.2 Å². The van der Waals surface area contributed by atoms with E-state index < -0.39 is 16.1 Å². The third-order valence-corrected chi connectivity index (χ3v) is 10.1. The maximum absolute atomic E-state index is 13.2. The lowest BCUT2D eigenvalue weighted by molar-refractivity contribution is -0.120. The van der Waals surface area contributed by atoms with Gasteiger partial charge in [0.2, 0.25) is 15.9 Å². The minimum atomic E-state index is -3.72. The van der Waals surface area contributed by atoms with Crippen LogP contribution in [0.5, 0.6) is 0 Å². The molecule has 2 aliphatic rings. The van der Waals surface area contributed by atoms with Gasteiger partial charge in [-0.25, -0.2) is 8.42 Å². The van der Waals surface area contributed by atoms with E-state index in [0.29, 0.717) is 42.3 Å². The summed E-state index contributed by atoms with van der Waals surface area (Å²) in [6.45, 7) is 6.74. The second-order valence-corrected chi connectivity index (χ2v) is 12.0. The fraction of sp³-hybridized carbons (Fsp3) is 0.609. The molecule has 3 heterocycles. The molecule has 1 aliphatic heterocycles. The maximum atomic E-state index is 13.2. The molecule has 9 nitrogen and oxygen atoms in total. The minimum Gasteiger partial charge on any atom is -0.360 e. The SMILES string of the molecule is Cc1noc(C)c1S(=O)(=O)N1CCCN(C(C)C(=O)Nc2sc3c(c2C#N)CCCCC3)CC1. The molecule has 1 N–H and O–H groups in total. The average Bonchev–Trinajstić information content (AvgIpc) is 3.08. The van der Waals surface area contributed by atoms with Crippen molar-refractivity contribution in [3.8, 4) is 6.07 Å². The first-order valence-electron chi connectivity index (χ1n) is 11.8. The second-order valence-electron chi connectivity index (χ2n) is 8.99. The third kappa shape index (κ3) is 4.77. The zero-order chi connectivity index (χ0) is 24.5. The van der Waals surface area contributed by atoms with Crippen molar-refractivity contribution < 1.29 is 17.7 Å². The quantitative estimate of drug-likeness (QED) is 0.620. The van der Waals surface area contributed by atoms with E-state index in [0.717, 1.165) is 31.2 Å². The van der Waals surface area contributed by atoms with E-state index >= 15 is 0 Å². The summed E-state index contributed by atoms with van der Waals surface area (Å²) in [5, 5.41) is 17.2. The molecule has 2 aromatic rings. The normalized spacial score (nSPS) is 19.0. The Balaban J connectivity index is 1.44. The zero-order valence-electron chi connectivity index (χ0n) is 19.9. The molecule has 34 heavy (non-hydrogen) atoms. The Labute approximate surface area is 204 Å². The number of hydrogen-bond donors (Lipinski definition) is 1. The van der Waals surface area contributed by atoms with E-state index in [-0.39, 0.29) is 23.1 Å². The Bertz CT molecular complexity index is 1190. The van der Waals surface area contributed by atoms with Crippen LogP contribution in [0.4, 0.5) is 5.00 Å². The number of carbonyl (C=O) groups is 1. The van der Waals surface area contributed by atoms with Gasteiger partial charge in [-0.3, -0.25) is 9.69 Å². The molecule has 11 heteroatoms. The summed E-state index contributed by atoms with van der Waals surface area (Å²) in [4.78, 5) is 16.5. The number of amides is 1. The number of aryl methyl sites for hydroxylation is 3. The fourth-order valence-electron chi connectivity index (χ4n) is 4.84. The zero-order valence-corrected chi connectivity index (χ0v) is 21.5. The minimum absolute atomic E-state index is 0.133. The third-order valence-electron chi connectivity index (χ3n) is 6.75. The van der Waals surface area contributed by atoms with Gasteiger partial charge in [-0.15, -0.1) is 11.3 Å². The Morgan fingerprint density at radius 3 is 2.62 bits per heavy atom. The second kappa shape index (κ2) is 10.2. The molecule has 0 bridgehead atoms. The molecule has 1 saturated heterocycles. The number of thiophene rings is 1. The van der Waals surface area contributed by atoms with E-state index in [2.05, 4.69) is 16.5 Å². The van der Waals surface area contributed by atoms with Gasteiger partial charge in [0, 0.05) is 31.1 Å². The molecule has 4 rings (SSSR count). The van der Waals surface area contributed by atoms with Crippen molar-refractivity contribution in [3.05, 3.63) is 27.5 Å². The fourth-order valence-corrected chi connectivity index (χ4v) is 7.85. The lowest BCUT2D eigenvalue weighted by Gasteiger charge is -2.26. The van der Waals surface area contributed by atoms with Gasteiger partial charge in [-0.2, -0.15) is 9.57 Å². The van der Waals surface area contributed by atoms with Crippen LogP contribution in [0.3, 0.4) is 0 Å². The molecular formula is C23H31N5O4S2. The summed E-state index contributed by atoms with van der Waals surface area (Å²) in [6, 6.07) is 1.86. The van der Waals surface area contributed by atoms with Crippen LogP contribution in [0.15, 0.2) is 9.42 Å². The monoisotopic (exact) mass is 505 g/mol. The predicted molar refractivity (Wildman–Crippen MR) is 129 cm³/mol. The Morgan fingerprint density at radius 2 is 1.91 bits per heavy atom. The van der Waals surface area contributed by atoms with E-state index in [9.17, 15) is 18.5 Å². The van der Waals surface area contributed by atoms with Crippen molar-refractivity contribution in [1.29, 1.82) is 5.26 Å². The first-order chi connectivity index (χ1) is 16.2. The summed E-state index contributed by atoms with van der Waals surface area (Å²) >= 11 is 1.53. The van der Waals surface area contributed by atoms with E-state index in [4.69, 9.17) is 4.52 Å². The van der Waals surface area contributed by atoms with Gasteiger partial charge in [0.1, 0.15) is 21.7 Å². The van der Waals surface area contributed by atoms with Crippen molar-refractivity contribution in [1.82, 2.24) is 14.4 Å². The highest BCUT2D eigenvalue weighted by Gasteiger charge is 2.34. The van der Waals surface area contributed by atoms with Crippen LogP contribution in [0.25, 0.3) is 0 Å². The molecule has 1 aliphatic carbocycles. The number of fused-ring (bicyclic) bond motifs is 1. The summed E-state index contributed by atoms with van der Waals surface area (Å²) < 4.78 is 32.9. The number of nitrogens with zero attached hydrogens (tertiary/aromatic N) is 4. The Morgan fingerprint density at radius 1 is 1.15 bits per heavy atom. The Kier molecular flexibility index (Phi) is 7.42. The van der Waals surface area contributed by atoms with Gasteiger partial charge in [-0.1, -0.05) is 11.6 Å². The predicted octanol–water partition coefficient (Wildman–Crippen LogP) is 3.22.